The van der Waals surface area contributed by atoms with Crippen LogP contribution >= 0.6 is 23.2 Å². The highest BCUT2D eigenvalue weighted by molar-refractivity contribution is 6.31. The summed E-state index contributed by atoms with van der Waals surface area (Å²) < 4.78 is 17.7. The number of esters is 1. The first-order valence-electron chi connectivity index (χ1n) is 15.2. The number of rotatable bonds is 11. The van der Waals surface area contributed by atoms with Gasteiger partial charge in [-0.05, 0) is 103 Å². The first kappa shape index (κ1) is 41.9. The Morgan fingerprint density at radius 1 is 0.956 bits per heavy atom. The van der Waals surface area contributed by atoms with E-state index in [0.29, 0.717) is 29.5 Å². The lowest BCUT2D eigenvalue weighted by atomic mass is 9.89. The van der Waals surface area contributed by atoms with E-state index in [0.717, 1.165) is 41.0 Å². The van der Waals surface area contributed by atoms with Crippen molar-refractivity contribution in [2.24, 2.45) is 0 Å². The summed E-state index contributed by atoms with van der Waals surface area (Å²) in [6, 6.07) is 16.4. The van der Waals surface area contributed by atoms with Crippen molar-refractivity contribution in [2.45, 2.75) is 99.8 Å². The topological polar surface area (TPSA) is 55.4 Å². The molecule has 3 aromatic rings. The van der Waals surface area contributed by atoms with Gasteiger partial charge in [-0.15, -0.1) is 0 Å². The van der Waals surface area contributed by atoms with E-state index < -0.39 is 0 Å². The van der Waals surface area contributed by atoms with E-state index in [-0.39, 0.29) is 25.1 Å². The molecule has 248 valence electrons. The lowest BCUT2D eigenvalue weighted by Gasteiger charge is -2.18. The predicted molar refractivity (Wildman–Crippen MR) is 191 cm³/mol. The van der Waals surface area contributed by atoms with Gasteiger partial charge in [-0.3, -0.25) is 9.59 Å². The van der Waals surface area contributed by atoms with Crippen LogP contribution in [0.15, 0.2) is 66.2 Å². The van der Waals surface area contributed by atoms with Gasteiger partial charge in [-0.25, -0.2) is 4.39 Å². The van der Waals surface area contributed by atoms with Crippen LogP contribution in [0.3, 0.4) is 0 Å². The molecule has 0 saturated carbocycles. The minimum absolute atomic E-state index is 0. The van der Waals surface area contributed by atoms with Crippen molar-refractivity contribution in [3.63, 3.8) is 0 Å². The summed E-state index contributed by atoms with van der Waals surface area (Å²) in [4.78, 5) is 20.7. The number of nitrogens with one attached hydrogen (secondary N) is 1. The molecule has 0 saturated heterocycles. The van der Waals surface area contributed by atoms with Gasteiger partial charge in [-0.1, -0.05) is 102 Å². The summed E-state index contributed by atoms with van der Waals surface area (Å²) in [6.07, 6.45) is 7.98. The van der Waals surface area contributed by atoms with Crippen molar-refractivity contribution in [1.29, 1.82) is 0 Å². The van der Waals surface area contributed by atoms with Crippen LogP contribution in [0, 0.1) is 12.7 Å². The largest absolute Gasteiger partial charge is 0.469 e. The van der Waals surface area contributed by atoms with Gasteiger partial charge in [0.2, 0.25) is 6.41 Å². The van der Waals surface area contributed by atoms with Crippen LogP contribution in [-0.4, -0.2) is 19.5 Å². The molecule has 1 N–H and O–H groups in total. The van der Waals surface area contributed by atoms with Crippen LogP contribution in [-0.2, 0) is 20.7 Å². The van der Waals surface area contributed by atoms with Crippen LogP contribution in [0.1, 0.15) is 114 Å². The Kier molecular flexibility index (Phi) is 20.8. The summed E-state index contributed by atoms with van der Waals surface area (Å²) in [5, 5.41) is 4.04. The molecule has 0 aliphatic rings. The maximum absolute atomic E-state index is 13.4. The van der Waals surface area contributed by atoms with E-state index in [2.05, 4.69) is 56.0 Å². The molecule has 0 bridgehead atoms. The fraction of sp³-hybridized carbons (Fsp3) is 0.421. The molecule has 0 aliphatic heterocycles. The molecule has 7 heteroatoms. The molecule has 0 fully saturated rings. The standard InChI is InChI=1S/C17H25Cl.C16H15ClFNO.C4H8O2.CH4/c1-5-7-13(3)11-14(4)17-12-16(18)10-9-15(17)8-6-2;1-10-3-5-13(18)8-15(10)11(2)14-6-4-12(17)7-16(14)19-9-20;1-3-4(5)6-2;/h7,9-10,12,14H,5-6,8,11H2,1-4H3;3-9,11H,1-2H3,(H,19,20);3H2,1-2H3;1H4/b13-7-;;;. The quantitative estimate of drug-likeness (QED) is 0.126. The Morgan fingerprint density at radius 2 is 1.60 bits per heavy atom. The number of ether oxygens (including phenoxy) is 1. The Hall–Kier alpha value is -3.15. The summed E-state index contributed by atoms with van der Waals surface area (Å²) in [5.41, 5.74) is 7.80. The third-order valence-electron chi connectivity index (χ3n) is 7.26. The molecular weight excluding hydrogens is 608 g/mol. The smallest absolute Gasteiger partial charge is 0.305 e. The number of allylic oxidation sites excluding steroid dienone is 2. The van der Waals surface area contributed by atoms with Crippen LogP contribution in [0.2, 0.25) is 10.0 Å². The van der Waals surface area contributed by atoms with Crippen LogP contribution < -0.4 is 5.32 Å². The molecule has 0 aromatic heterocycles. The van der Waals surface area contributed by atoms with Gasteiger partial charge in [0.25, 0.3) is 0 Å². The Labute approximate surface area is 281 Å². The van der Waals surface area contributed by atoms with Crippen LogP contribution in [0.25, 0.3) is 0 Å². The van der Waals surface area contributed by atoms with E-state index >= 15 is 0 Å². The van der Waals surface area contributed by atoms with Crippen molar-refractivity contribution in [1.82, 2.24) is 0 Å². The molecule has 1 amide bonds. The second-order valence-corrected chi connectivity index (χ2v) is 11.7. The van der Waals surface area contributed by atoms with Gasteiger partial charge < -0.3 is 10.1 Å². The number of hydrogen-bond acceptors (Lipinski definition) is 3. The Bertz CT molecular complexity index is 1370. The number of anilines is 1. The van der Waals surface area contributed by atoms with Crippen molar-refractivity contribution in [3.8, 4) is 0 Å². The zero-order valence-electron chi connectivity index (χ0n) is 27.4. The van der Waals surface area contributed by atoms with Crippen molar-refractivity contribution in [3.05, 3.63) is 110 Å². The second kappa shape index (κ2) is 22.4. The van der Waals surface area contributed by atoms with Gasteiger partial charge in [-0.2, -0.15) is 0 Å². The average molecular weight is 661 g/mol. The summed E-state index contributed by atoms with van der Waals surface area (Å²) in [6.45, 7) is 14.6. The minimum Gasteiger partial charge on any atom is -0.469 e. The molecule has 45 heavy (non-hydrogen) atoms. The maximum atomic E-state index is 13.4. The molecule has 3 rings (SSSR count). The fourth-order valence-electron chi connectivity index (χ4n) is 5.03. The third-order valence-corrected chi connectivity index (χ3v) is 7.73. The molecule has 0 aliphatic carbocycles. The zero-order chi connectivity index (χ0) is 33.2. The number of halogens is 3. The van der Waals surface area contributed by atoms with E-state index in [4.69, 9.17) is 23.2 Å². The minimum atomic E-state index is -0.267. The van der Waals surface area contributed by atoms with Gasteiger partial charge in [0.15, 0.2) is 0 Å². The summed E-state index contributed by atoms with van der Waals surface area (Å²) in [5.74, 6) is 0.0739. The number of benzene rings is 3. The number of carbonyl (C=O) groups excluding carboxylic acids is 2. The molecule has 0 radical (unpaired) electrons. The van der Waals surface area contributed by atoms with Gasteiger partial charge >= 0.3 is 5.97 Å². The molecular formula is C38H52Cl2FNO3. The Balaban J connectivity index is 0.000000719. The average Bonchev–Trinajstić information content (AvgIpc) is 2.99. The fourth-order valence-corrected chi connectivity index (χ4v) is 5.38. The highest BCUT2D eigenvalue weighted by atomic mass is 35.5. The molecule has 4 nitrogen and oxygen atoms in total. The van der Waals surface area contributed by atoms with E-state index in [9.17, 15) is 14.0 Å². The number of aryl methyl sites for hydroxylation is 2. The molecule has 0 heterocycles. The van der Waals surface area contributed by atoms with E-state index in [1.165, 1.54) is 42.4 Å². The van der Waals surface area contributed by atoms with Gasteiger partial charge in [0.1, 0.15) is 5.82 Å². The SMILES string of the molecule is C.CC/C=C(/C)CC(C)c1cc(Cl)ccc1CCC.CCC(=O)OC.Cc1ccc(F)cc1C(C)c1ccc(Cl)cc1NC=O. The molecule has 0 spiro atoms. The highest BCUT2D eigenvalue weighted by Gasteiger charge is 2.16. The predicted octanol–water partition coefficient (Wildman–Crippen LogP) is 11.9. The van der Waals surface area contributed by atoms with Crippen LogP contribution in [0.5, 0.6) is 0 Å². The number of methoxy groups -OCH3 is 1. The van der Waals surface area contributed by atoms with Gasteiger partial charge in [0.05, 0.1) is 7.11 Å². The summed E-state index contributed by atoms with van der Waals surface area (Å²) in [7, 11) is 1.38. The lowest BCUT2D eigenvalue weighted by molar-refractivity contribution is -0.140. The molecule has 3 aromatic carbocycles. The zero-order valence-corrected chi connectivity index (χ0v) is 28.9. The summed E-state index contributed by atoms with van der Waals surface area (Å²) >= 11 is 12.1. The maximum Gasteiger partial charge on any atom is 0.305 e. The second-order valence-electron chi connectivity index (χ2n) is 10.8. The van der Waals surface area contributed by atoms with E-state index in [1.807, 2.05) is 26.0 Å². The van der Waals surface area contributed by atoms with E-state index in [1.54, 1.807) is 25.1 Å². The van der Waals surface area contributed by atoms with Crippen molar-refractivity contribution < 1.29 is 18.7 Å². The first-order valence-corrected chi connectivity index (χ1v) is 15.9. The monoisotopic (exact) mass is 659 g/mol. The lowest BCUT2D eigenvalue weighted by Crippen LogP contribution is -2.05. The first-order chi connectivity index (χ1) is 20.9. The number of amides is 1. The van der Waals surface area contributed by atoms with Crippen LogP contribution in [0.4, 0.5) is 10.1 Å². The number of hydrogen-bond donors (Lipinski definition) is 1. The van der Waals surface area contributed by atoms with Gasteiger partial charge in [0, 0.05) is 28.1 Å². The highest BCUT2D eigenvalue weighted by Crippen LogP contribution is 2.34. The van der Waals surface area contributed by atoms with Crippen molar-refractivity contribution in [2.75, 3.05) is 12.4 Å². The Morgan fingerprint density at radius 3 is 2.16 bits per heavy atom. The third kappa shape index (κ3) is 14.7. The normalized spacial score (nSPS) is 11.8. The molecule has 2 atom stereocenters. The van der Waals surface area contributed by atoms with Crippen molar-refractivity contribution >= 4 is 41.3 Å². The molecule has 2 unspecified atom stereocenters. The number of carbonyl (C=O) groups is 2.